The third kappa shape index (κ3) is 4.43. The Kier molecular flexibility index (Phi) is 6.04. The Morgan fingerprint density at radius 3 is 2.48 bits per heavy atom. The third-order valence-corrected chi connectivity index (χ3v) is 4.20. The molecule has 0 aromatic heterocycles. The van der Waals surface area contributed by atoms with Crippen LogP contribution >= 0.6 is 23.2 Å². The maximum absolute atomic E-state index is 12.2. The summed E-state index contributed by atoms with van der Waals surface area (Å²) in [5.41, 5.74) is 1.41. The highest BCUT2D eigenvalue weighted by atomic mass is 35.5. The largest absolute Gasteiger partial charge is 0.490 e. The summed E-state index contributed by atoms with van der Waals surface area (Å²) in [5.74, 6) is 0.837. The molecule has 0 atom stereocenters. The molecule has 0 spiro atoms. The first-order chi connectivity index (χ1) is 13.0. The van der Waals surface area contributed by atoms with Crippen LogP contribution in [0, 0.1) is 0 Å². The maximum atomic E-state index is 12.2. The summed E-state index contributed by atoms with van der Waals surface area (Å²) in [6, 6.07) is 10.3. The van der Waals surface area contributed by atoms with Crippen molar-refractivity contribution < 1.29 is 19.0 Å². The van der Waals surface area contributed by atoms with Crippen LogP contribution in [0.1, 0.15) is 25.0 Å². The number of carbonyl (C=O) groups excluding carboxylic acids is 1. The van der Waals surface area contributed by atoms with Crippen LogP contribution in [0.25, 0.3) is 6.08 Å². The third-order valence-electron chi connectivity index (χ3n) is 3.65. The Morgan fingerprint density at radius 2 is 1.78 bits per heavy atom. The number of hydrogen-bond donors (Lipinski definition) is 0. The predicted molar refractivity (Wildman–Crippen MR) is 106 cm³/mol. The van der Waals surface area contributed by atoms with E-state index in [1.54, 1.807) is 36.4 Å². The first-order valence-electron chi connectivity index (χ1n) is 8.39. The molecule has 0 radical (unpaired) electrons. The fraction of sp³-hybridized carbons (Fsp3) is 0.200. The number of halogens is 2. The molecule has 1 heterocycles. The lowest BCUT2D eigenvalue weighted by Crippen LogP contribution is -2.05. The molecule has 2 aromatic rings. The minimum Gasteiger partial charge on any atom is -0.490 e. The fourth-order valence-corrected chi connectivity index (χ4v) is 2.99. The summed E-state index contributed by atoms with van der Waals surface area (Å²) >= 11 is 12.1. The van der Waals surface area contributed by atoms with Gasteiger partial charge in [0, 0.05) is 5.02 Å². The standard InChI is InChI=1S/C20H17Cl2NO4/c1-3-25-17-8-5-12(10-18(17)26-4-2)9-16-20(24)27-19(23-16)14-7-6-13(21)11-15(14)22/h5-11H,3-4H2,1-2H3/b16-9-. The summed E-state index contributed by atoms with van der Waals surface area (Å²) in [6.07, 6.45) is 1.62. The number of benzene rings is 2. The first-order valence-corrected chi connectivity index (χ1v) is 9.15. The average molecular weight is 406 g/mol. The molecule has 27 heavy (non-hydrogen) atoms. The molecular weight excluding hydrogens is 389 g/mol. The van der Waals surface area contributed by atoms with E-state index in [1.807, 2.05) is 19.9 Å². The molecule has 0 saturated carbocycles. The fourth-order valence-electron chi connectivity index (χ4n) is 2.50. The van der Waals surface area contributed by atoms with Crippen molar-refractivity contribution in [2.75, 3.05) is 13.2 Å². The number of esters is 1. The number of hydrogen-bond acceptors (Lipinski definition) is 5. The number of ether oxygens (including phenoxy) is 3. The van der Waals surface area contributed by atoms with Crippen LogP contribution in [0.5, 0.6) is 11.5 Å². The Balaban J connectivity index is 1.93. The monoisotopic (exact) mass is 405 g/mol. The van der Waals surface area contributed by atoms with Gasteiger partial charge in [-0.1, -0.05) is 29.3 Å². The molecule has 0 bridgehead atoms. The van der Waals surface area contributed by atoms with Crippen LogP contribution in [0.3, 0.4) is 0 Å². The number of nitrogens with zero attached hydrogens (tertiary/aromatic N) is 1. The van der Waals surface area contributed by atoms with E-state index < -0.39 is 5.97 Å². The van der Waals surface area contributed by atoms with E-state index in [0.29, 0.717) is 40.3 Å². The van der Waals surface area contributed by atoms with Gasteiger partial charge in [-0.2, -0.15) is 0 Å². The van der Waals surface area contributed by atoms with Gasteiger partial charge in [-0.15, -0.1) is 0 Å². The van der Waals surface area contributed by atoms with E-state index in [0.717, 1.165) is 5.56 Å². The molecule has 3 rings (SSSR count). The van der Waals surface area contributed by atoms with Crippen molar-refractivity contribution in [3.05, 3.63) is 63.3 Å². The van der Waals surface area contributed by atoms with E-state index >= 15 is 0 Å². The summed E-state index contributed by atoms with van der Waals surface area (Å²) in [5, 5.41) is 0.845. The molecule has 5 nitrogen and oxygen atoms in total. The van der Waals surface area contributed by atoms with E-state index in [2.05, 4.69) is 4.99 Å². The SMILES string of the molecule is CCOc1ccc(/C=C2\N=C(c3ccc(Cl)cc3Cl)OC2=O)cc1OCC. The molecule has 140 valence electrons. The molecule has 1 aliphatic rings. The zero-order valence-corrected chi connectivity index (χ0v) is 16.3. The number of carbonyl (C=O) groups is 1. The van der Waals surface area contributed by atoms with Crippen molar-refractivity contribution in [3.8, 4) is 11.5 Å². The van der Waals surface area contributed by atoms with Gasteiger partial charge in [-0.05, 0) is 55.8 Å². The zero-order chi connectivity index (χ0) is 19.4. The molecule has 1 aliphatic heterocycles. The Morgan fingerprint density at radius 1 is 1.04 bits per heavy atom. The van der Waals surface area contributed by atoms with Crippen LogP contribution in [0.4, 0.5) is 0 Å². The molecule has 0 fully saturated rings. The minimum atomic E-state index is -0.553. The van der Waals surface area contributed by atoms with Gasteiger partial charge in [-0.3, -0.25) is 0 Å². The molecule has 0 saturated heterocycles. The lowest BCUT2D eigenvalue weighted by Gasteiger charge is -2.11. The minimum absolute atomic E-state index is 0.142. The van der Waals surface area contributed by atoms with Crippen LogP contribution in [0.2, 0.25) is 10.0 Å². The summed E-state index contributed by atoms with van der Waals surface area (Å²) < 4.78 is 16.4. The van der Waals surface area contributed by atoms with Crippen molar-refractivity contribution >= 4 is 41.1 Å². The van der Waals surface area contributed by atoms with Crippen LogP contribution in [-0.4, -0.2) is 25.1 Å². The van der Waals surface area contributed by atoms with Crippen LogP contribution in [-0.2, 0) is 9.53 Å². The van der Waals surface area contributed by atoms with E-state index in [1.165, 1.54) is 0 Å². The Labute approximate surface area is 167 Å². The van der Waals surface area contributed by atoms with Gasteiger partial charge in [0.05, 0.1) is 23.8 Å². The Bertz CT molecular complexity index is 938. The van der Waals surface area contributed by atoms with Gasteiger partial charge in [0.15, 0.2) is 17.2 Å². The van der Waals surface area contributed by atoms with Gasteiger partial charge in [0.25, 0.3) is 0 Å². The second-order valence-electron chi connectivity index (χ2n) is 5.53. The second kappa shape index (κ2) is 8.46. The second-order valence-corrected chi connectivity index (χ2v) is 6.38. The summed E-state index contributed by atoms with van der Waals surface area (Å²) in [6.45, 7) is 4.82. The first kappa shape index (κ1) is 19.3. The van der Waals surface area contributed by atoms with Crippen LogP contribution < -0.4 is 9.47 Å². The van der Waals surface area contributed by atoms with Crippen molar-refractivity contribution in [1.82, 2.24) is 0 Å². The average Bonchev–Trinajstić information content (AvgIpc) is 2.98. The topological polar surface area (TPSA) is 57.1 Å². The Hall–Kier alpha value is -2.50. The molecule has 0 aliphatic carbocycles. The van der Waals surface area contributed by atoms with Gasteiger partial charge in [0.1, 0.15) is 0 Å². The van der Waals surface area contributed by atoms with Crippen molar-refractivity contribution in [3.63, 3.8) is 0 Å². The molecule has 0 N–H and O–H groups in total. The molecule has 7 heteroatoms. The van der Waals surface area contributed by atoms with Crippen molar-refractivity contribution in [1.29, 1.82) is 0 Å². The number of aliphatic imine (C=N–C) groups is 1. The maximum Gasteiger partial charge on any atom is 0.363 e. The normalized spacial score (nSPS) is 14.9. The highest BCUT2D eigenvalue weighted by Gasteiger charge is 2.25. The lowest BCUT2D eigenvalue weighted by atomic mass is 10.1. The molecule has 0 unspecified atom stereocenters. The van der Waals surface area contributed by atoms with E-state index in [4.69, 9.17) is 37.4 Å². The van der Waals surface area contributed by atoms with E-state index in [9.17, 15) is 4.79 Å². The highest BCUT2D eigenvalue weighted by molar-refractivity contribution is 6.37. The van der Waals surface area contributed by atoms with E-state index in [-0.39, 0.29) is 11.6 Å². The summed E-state index contributed by atoms with van der Waals surface area (Å²) in [4.78, 5) is 16.5. The predicted octanol–water partition coefficient (Wildman–Crippen LogP) is 5.14. The van der Waals surface area contributed by atoms with Crippen LogP contribution in [0.15, 0.2) is 47.1 Å². The smallest absolute Gasteiger partial charge is 0.363 e. The van der Waals surface area contributed by atoms with Crippen molar-refractivity contribution in [2.45, 2.75) is 13.8 Å². The molecule has 2 aromatic carbocycles. The lowest BCUT2D eigenvalue weighted by molar-refractivity contribution is -0.129. The van der Waals surface area contributed by atoms with Gasteiger partial charge in [-0.25, -0.2) is 9.79 Å². The van der Waals surface area contributed by atoms with Gasteiger partial charge in [0.2, 0.25) is 5.90 Å². The molecule has 0 amide bonds. The molecular formula is C20H17Cl2NO4. The van der Waals surface area contributed by atoms with Gasteiger partial charge < -0.3 is 14.2 Å². The zero-order valence-electron chi connectivity index (χ0n) is 14.8. The van der Waals surface area contributed by atoms with Crippen molar-refractivity contribution in [2.24, 2.45) is 4.99 Å². The number of cyclic esters (lactones) is 1. The quantitative estimate of drug-likeness (QED) is 0.493. The number of rotatable bonds is 6. The highest BCUT2D eigenvalue weighted by Crippen LogP contribution is 2.31. The summed E-state index contributed by atoms with van der Waals surface area (Å²) in [7, 11) is 0. The van der Waals surface area contributed by atoms with Gasteiger partial charge >= 0.3 is 5.97 Å².